The molecule has 118 valence electrons. The molecule has 1 aliphatic heterocycles. The fourth-order valence-corrected chi connectivity index (χ4v) is 2.38. The van der Waals surface area contributed by atoms with Gasteiger partial charge in [0, 0.05) is 39.1 Å². The van der Waals surface area contributed by atoms with Crippen molar-refractivity contribution in [2.75, 3.05) is 36.4 Å². The summed E-state index contributed by atoms with van der Waals surface area (Å²) in [6, 6.07) is 3.65. The Morgan fingerprint density at radius 1 is 1.14 bits per heavy atom. The Morgan fingerprint density at radius 2 is 1.86 bits per heavy atom. The first kappa shape index (κ1) is 14.6. The molecule has 0 unspecified atom stereocenters. The summed E-state index contributed by atoms with van der Waals surface area (Å²) in [5.74, 6) is 1.30. The van der Waals surface area contributed by atoms with Gasteiger partial charge in [0.25, 0.3) is 0 Å². The van der Waals surface area contributed by atoms with E-state index in [0.717, 1.165) is 31.7 Å². The Bertz CT molecular complexity index is 549. The second-order valence-corrected chi connectivity index (χ2v) is 5.64. The Balaban J connectivity index is 1.53. The molecule has 0 bridgehead atoms. The molecule has 1 aliphatic carbocycles. The smallest absolute Gasteiger partial charge is 0.320 e. The van der Waals surface area contributed by atoms with Gasteiger partial charge in [-0.25, -0.2) is 4.79 Å². The molecule has 1 aromatic rings. The molecule has 1 saturated heterocycles. The highest BCUT2D eigenvalue weighted by atomic mass is 16.2. The molecular formula is C14H20N6O2. The molecule has 2 aliphatic rings. The number of urea groups is 1. The Labute approximate surface area is 128 Å². The minimum Gasteiger partial charge on any atom is -0.352 e. The molecule has 2 fully saturated rings. The minimum atomic E-state index is -0.236. The lowest BCUT2D eigenvalue weighted by Gasteiger charge is -2.34. The maximum Gasteiger partial charge on any atom is 0.320 e. The lowest BCUT2D eigenvalue weighted by atomic mass is 10.3. The van der Waals surface area contributed by atoms with Gasteiger partial charge in [-0.1, -0.05) is 0 Å². The van der Waals surface area contributed by atoms with E-state index in [1.807, 2.05) is 11.0 Å². The van der Waals surface area contributed by atoms with Crippen LogP contribution in [0.15, 0.2) is 12.1 Å². The van der Waals surface area contributed by atoms with Crippen LogP contribution >= 0.6 is 0 Å². The fraction of sp³-hybridized carbons (Fsp3) is 0.571. The Morgan fingerprint density at radius 3 is 2.41 bits per heavy atom. The largest absolute Gasteiger partial charge is 0.352 e. The summed E-state index contributed by atoms with van der Waals surface area (Å²) in [6.07, 6.45) is 2.09. The zero-order valence-corrected chi connectivity index (χ0v) is 12.6. The number of anilines is 2. The van der Waals surface area contributed by atoms with Crippen LogP contribution in [0.5, 0.6) is 0 Å². The van der Waals surface area contributed by atoms with Gasteiger partial charge in [-0.2, -0.15) is 0 Å². The molecule has 0 radical (unpaired) electrons. The van der Waals surface area contributed by atoms with E-state index >= 15 is 0 Å². The van der Waals surface area contributed by atoms with Crippen LogP contribution in [0, 0.1) is 0 Å². The van der Waals surface area contributed by atoms with E-state index in [4.69, 9.17) is 0 Å². The van der Waals surface area contributed by atoms with Crippen LogP contribution in [0.25, 0.3) is 0 Å². The number of hydrogen-bond acceptors (Lipinski definition) is 5. The van der Waals surface area contributed by atoms with Crippen molar-refractivity contribution in [3.05, 3.63) is 12.1 Å². The van der Waals surface area contributed by atoms with E-state index in [0.29, 0.717) is 24.9 Å². The number of nitrogens with zero attached hydrogens (tertiary/aromatic N) is 4. The van der Waals surface area contributed by atoms with Crippen molar-refractivity contribution < 1.29 is 9.59 Å². The highest BCUT2D eigenvalue weighted by molar-refractivity contribution is 5.88. The molecule has 0 aromatic carbocycles. The third-order valence-corrected chi connectivity index (χ3v) is 3.85. The second-order valence-electron chi connectivity index (χ2n) is 5.64. The third kappa shape index (κ3) is 3.63. The number of aromatic nitrogens is 2. The average Bonchev–Trinajstić information content (AvgIpc) is 3.32. The number of amides is 3. The van der Waals surface area contributed by atoms with Crippen LogP contribution < -0.4 is 15.5 Å². The predicted molar refractivity (Wildman–Crippen MR) is 81.7 cm³/mol. The van der Waals surface area contributed by atoms with Crippen molar-refractivity contribution in [1.82, 2.24) is 20.4 Å². The third-order valence-electron chi connectivity index (χ3n) is 3.85. The van der Waals surface area contributed by atoms with E-state index in [2.05, 4.69) is 25.7 Å². The van der Waals surface area contributed by atoms with Gasteiger partial charge in [-0.15, -0.1) is 10.2 Å². The zero-order chi connectivity index (χ0) is 15.5. The average molecular weight is 304 g/mol. The molecule has 0 spiro atoms. The summed E-state index contributed by atoms with van der Waals surface area (Å²) in [4.78, 5) is 26.8. The van der Waals surface area contributed by atoms with Crippen molar-refractivity contribution in [3.8, 4) is 0 Å². The van der Waals surface area contributed by atoms with E-state index in [-0.39, 0.29) is 11.9 Å². The maximum atomic E-state index is 11.6. The second kappa shape index (κ2) is 6.17. The van der Waals surface area contributed by atoms with Crippen LogP contribution in [-0.2, 0) is 4.79 Å². The number of hydrogen-bond donors (Lipinski definition) is 2. The van der Waals surface area contributed by atoms with Gasteiger partial charge in [-0.05, 0) is 25.0 Å². The summed E-state index contributed by atoms with van der Waals surface area (Å²) in [5.41, 5.74) is 0. The molecule has 0 atom stereocenters. The molecule has 8 nitrogen and oxygen atoms in total. The van der Waals surface area contributed by atoms with Crippen LogP contribution in [0.2, 0.25) is 0 Å². The monoisotopic (exact) mass is 304 g/mol. The van der Waals surface area contributed by atoms with Crippen molar-refractivity contribution in [3.63, 3.8) is 0 Å². The Kier molecular flexibility index (Phi) is 4.08. The van der Waals surface area contributed by atoms with Crippen LogP contribution in [-0.4, -0.2) is 59.3 Å². The topological polar surface area (TPSA) is 90.5 Å². The summed E-state index contributed by atoms with van der Waals surface area (Å²) in [7, 11) is 0. The lowest BCUT2D eigenvalue weighted by molar-refractivity contribution is -0.129. The first-order valence-corrected chi connectivity index (χ1v) is 7.53. The first-order chi connectivity index (χ1) is 10.6. The van der Waals surface area contributed by atoms with Crippen LogP contribution in [0.1, 0.15) is 19.8 Å². The Hall–Kier alpha value is -2.38. The molecular weight excluding hydrogens is 284 g/mol. The molecule has 2 N–H and O–H groups in total. The van der Waals surface area contributed by atoms with E-state index < -0.39 is 0 Å². The minimum absolute atomic E-state index is 0.104. The van der Waals surface area contributed by atoms with E-state index in [9.17, 15) is 9.59 Å². The fourth-order valence-electron chi connectivity index (χ4n) is 2.38. The molecule has 2 heterocycles. The zero-order valence-electron chi connectivity index (χ0n) is 12.6. The van der Waals surface area contributed by atoms with Crippen molar-refractivity contribution in [2.45, 2.75) is 25.8 Å². The van der Waals surface area contributed by atoms with E-state index in [1.54, 1.807) is 13.0 Å². The lowest BCUT2D eigenvalue weighted by Crippen LogP contribution is -2.48. The summed E-state index contributed by atoms with van der Waals surface area (Å²) in [6.45, 7) is 4.45. The van der Waals surface area contributed by atoms with Crippen LogP contribution in [0.3, 0.4) is 0 Å². The number of carbonyl (C=O) groups is 2. The van der Waals surface area contributed by atoms with Crippen molar-refractivity contribution in [1.29, 1.82) is 0 Å². The molecule has 3 rings (SSSR count). The highest BCUT2D eigenvalue weighted by Gasteiger charge is 2.23. The predicted octanol–water partition coefficient (Wildman–Crippen LogP) is 0.429. The van der Waals surface area contributed by atoms with Gasteiger partial charge in [-0.3, -0.25) is 10.1 Å². The molecule has 8 heteroatoms. The number of nitrogens with one attached hydrogen (secondary N) is 2. The molecule has 1 saturated carbocycles. The van der Waals surface area contributed by atoms with Gasteiger partial charge in [0.05, 0.1) is 0 Å². The quantitative estimate of drug-likeness (QED) is 0.845. The normalized spacial score (nSPS) is 18.0. The summed E-state index contributed by atoms with van der Waals surface area (Å²) >= 11 is 0. The summed E-state index contributed by atoms with van der Waals surface area (Å²) in [5, 5.41) is 13.7. The van der Waals surface area contributed by atoms with Gasteiger partial charge >= 0.3 is 6.03 Å². The molecule has 3 amide bonds. The molecule has 1 aromatic heterocycles. The van der Waals surface area contributed by atoms with Gasteiger partial charge < -0.3 is 15.1 Å². The first-order valence-electron chi connectivity index (χ1n) is 7.53. The summed E-state index contributed by atoms with van der Waals surface area (Å²) < 4.78 is 0. The standard InChI is InChI=1S/C14H20N6O2/c1-10(21)19-6-8-20(9-7-19)13-5-4-12(17-18-13)16-14(22)15-11-2-3-11/h4-5,11H,2-3,6-9H2,1H3,(H2,15,16,17,22). The van der Waals surface area contributed by atoms with Crippen molar-refractivity contribution in [2.24, 2.45) is 0 Å². The molecule has 22 heavy (non-hydrogen) atoms. The van der Waals surface area contributed by atoms with Gasteiger partial charge in [0.1, 0.15) is 0 Å². The van der Waals surface area contributed by atoms with Crippen LogP contribution in [0.4, 0.5) is 16.4 Å². The highest BCUT2D eigenvalue weighted by Crippen LogP contribution is 2.19. The SMILES string of the molecule is CC(=O)N1CCN(c2ccc(NC(=O)NC3CC3)nn2)CC1. The number of rotatable bonds is 3. The van der Waals surface area contributed by atoms with Crippen molar-refractivity contribution >= 4 is 23.6 Å². The van der Waals surface area contributed by atoms with Gasteiger partial charge in [0.15, 0.2) is 11.6 Å². The van der Waals surface area contributed by atoms with E-state index in [1.165, 1.54) is 0 Å². The number of carbonyl (C=O) groups excluding carboxylic acids is 2. The van der Waals surface area contributed by atoms with Gasteiger partial charge in [0.2, 0.25) is 5.91 Å². The maximum absolute atomic E-state index is 11.6. The number of piperazine rings is 1.